The van der Waals surface area contributed by atoms with Crippen LogP contribution in [0.15, 0.2) is 41.8 Å². The number of nitrogens with one attached hydrogen (secondary N) is 3. The largest absolute Gasteiger partial charge is 0.361 e. The van der Waals surface area contributed by atoms with Crippen LogP contribution < -0.4 is 10.6 Å². The van der Waals surface area contributed by atoms with E-state index in [0.29, 0.717) is 0 Å². The molecule has 0 aliphatic heterocycles. The molecule has 0 atom stereocenters. The second-order valence-corrected chi connectivity index (χ2v) is 6.44. The van der Waals surface area contributed by atoms with Crippen LogP contribution in [0.2, 0.25) is 0 Å². The highest BCUT2D eigenvalue weighted by Gasteiger charge is 2.04. The molecule has 3 rings (SSSR count). The first-order valence-corrected chi connectivity index (χ1v) is 9.75. The zero-order chi connectivity index (χ0) is 18.9. The summed E-state index contributed by atoms with van der Waals surface area (Å²) in [5.41, 5.74) is 2.56. The van der Waals surface area contributed by atoms with Crippen LogP contribution in [0.1, 0.15) is 31.7 Å². The highest BCUT2D eigenvalue weighted by molar-refractivity contribution is 14.0. The van der Waals surface area contributed by atoms with E-state index in [9.17, 15) is 0 Å². The fourth-order valence-corrected chi connectivity index (χ4v) is 3.17. The molecule has 7 nitrogen and oxygen atoms in total. The molecule has 0 radical (unpaired) electrons. The van der Waals surface area contributed by atoms with Crippen LogP contribution in [0.3, 0.4) is 0 Å². The monoisotopic (exact) mass is 495 g/mol. The van der Waals surface area contributed by atoms with E-state index in [2.05, 4.69) is 74.7 Å². The van der Waals surface area contributed by atoms with Gasteiger partial charge < -0.3 is 20.2 Å². The number of hydrogen-bond donors (Lipinski definition) is 3. The van der Waals surface area contributed by atoms with E-state index in [1.54, 1.807) is 6.33 Å². The lowest BCUT2D eigenvalue weighted by Gasteiger charge is -2.12. The summed E-state index contributed by atoms with van der Waals surface area (Å²) in [4.78, 5) is 8.03. The van der Waals surface area contributed by atoms with Gasteiger partial charge in [0, 0.05) is 49.7 Å². The third-order valence-electron chi connectivity index (χ3n) is 4.55. The van der Waals surface area contributed by atoms with Crippen molar-refractivity contribution in [1.29, 1.82) is 0 Å². The number of guanidine groups is 1. The third kappa shape index (κ3) is 5.95. The van der Waals surface area contributed by atoms with Crippen LogP contribution in [0.25, 0.3) is 10.9 Å². The average Bonchev–Trinajstić information content (AvgIpc) is 3.32. The van der Waals surface area contributed by atoms with E-state index < -0.39 is 0 Å². The standard InChI is InChI=1S/C20H29N7.HI/c1-3-19-26-25-15-27(19)13-12-23-20(21-4-2)22-11-7-8-16-14-24-18-10-6-5-9-17(16)18;/h5-6,9-10,14-15,24H,3-4,7-8,11-13H2,1-2H3,(H2,21,22,23);1H. The van der Waals surface area contributed by atoms with E-state index in [1.165, 1.54) is 16.5 Å². The molecule has 3 aromatic rings. The molecule has 0 aliphatic carbocycles. The number of nitrogens with zero attached hydrogens (tertiary/aromatic N) is 4. The molecule has 2 aromatic heterocycles. The first-order chi connectivity index (χ1) is 13.3. The van der Waals surface area contributed by atoms with Crippen molar-refractivity contribution in [3.05, 3.63) is 48.2 Å². The maximum absolute atomic E-state index is 4.70. The van der Waals surface area contributed by atoms with Gasteiger partial charge in [0.25, 0.3) is 0 Å². The minimum Gasteiger partial charge on any atom is -0.361 e. The molecule has 0 spiro atoms. The van der Waals surface area contributed by atoms with E-state index in [4.69, 9.17) is 4.99 Å². The van der Waals surface area contributed by atoms with Crippen molar-refractivity contribution in [3.63, 3.8) is 0 Å². The van der Waals surface area contributed by atoms with Crippen LogP contribution >= 0.6 is 24.0 Å². The highest BCUT2D eigenvalue weighted by Crippen LogP contribution is 2.18. The number of benzene rings is 1. The van der Waals surface area contributed by atoms with Gasteiger partial charge >= 0.3 is 0 Å². The quantitative estimate of drug-likeness (QED) is 0.184. The Bertz CT molecular complexity index is 868. The highest BCUT2D eigenvalue weighted by atomic mass is 127. The van der Waals surface area contributed by atoms with Crippen molar-refractivity contribution in [2.75, 3.05) is 19.6 Å². The van der Waals surface area contributed by atoms with Gasteiger partial charge in [-0.15, -0.1) is 34.2 Å². The average molecular weight is 495 g/mol. The van der Waals surface area contributed by atoms with Gasteiger partial charge in [-0.1, -0.05) is 25.1 Å². The summed E-state index contributed by atoms with van der Waals surface area (Å²) < 4.78 is 2.08. The van der Waals surface area contributed by atoms with E-state index >= 15 is 0 Å². The molecule has 0 aliphatic rings. The minimum atomic E-state index is 0. The number of aliphatic imine (C=N–C) groups is 1. The molecule has 3 N–H and O–H groups in total. The number of halogens is 1. The summed E-state index contributed by atoms with van der Waals surface area (Å²) in [6.07, 6.45) is 6.83. The van der Waals surface area contributed by atoms with Crippen molar-refractivity contribution in [2.24, 2.45) is 4.99 Å². The number of aromatic nitrogens is 4. The summed E-state index contributed by atoms with van der Waals surface area (Å²) in [6.45, 7) is 7.43. The number of rotatable bonds is 9. The number of aryl methyl sites for hydroxylation is 2. The van der Waals surface area contributed by atoms with Gasteiger partial charge in [-0.25, -0.2) is 0 Å². The van der Waals surface area contributed by atoms with Gasteiger partial charge in [-0.2, -0.15) is 0 Å². The van der Waals surface area contributed by atoms with Crippen LogP contribution in [-0.2, 0) is 19.4 Å². The van der Waals surface area contributed by atoms with Crippen molar-refractivity contribution in [2.45, 2.75) is 39.7 Å². The van der Waals surface area contributed by atoms with Gasteiger partial charge in [0.05, 0.1) is 0 Å². The predicted octanol–water partition coefficient (Wildman–Crippen LogP) is 3.13. The van der Waals surface area contributed by atoms with Gasteiger partial charge in [0.2, 0.25) is 0 Å². The number of H-pyrrole nitrogens is 1. The molecular weight excluding hydrogens is 465 g/mol. The van der Waals surface area contributed by atoms with Crippen LogP contribution in [-0.4, -0.2) is 45.3 Å². The maximum atomic E-state index is 4.70. The normalized spacial score (nSPS) is 11.4. The number of para-hydroxylation sites is 1. The number of fused-ring (bicyclic) bond motifs is 1. The Morgan fingerprint density at radius 3 is 2.89 bits per heavy atom. The molecule has 0 fully saturated rings. The lowest BCUT2D eigenvalue weighted by molar-refractivity contribution is 0.632. The molecule has 0 unspecified atom stereocenters. The topological polar surface area (TPSA) is 82.9 Å². The zero-order valence-corrected chi connectivity index (χ0v) is 18.9. The van der Waals surface area contributed by atoms with Crippen LogP contribution in [0.4, 0.5) is 0 Å². The molecule has 1 aromatic carbocycles. The number of hydrogen-bond acceptors (Lipinski definition) is 3. The fraction of sp³-hybridized carbons (Fsp3) is 0.450. The van der Waals surface area contributed by atoms with Gasteiger partial charge in [0.1, 0.15) is 12.2 Å². The SMILES string of the molecule is CCNC(=NCCCc1c[nH]c2ccccc12)NCCn1cnnc1CC.I. The van der Waals surface area contributed by atoms with Crippen molar-refractivity contribution >= 4 is 40.8 Å². The van der Waals surface area contributed by atoms with Crippen molar-refractivity contribution in [3.8, 4) is 0 Å². The second kappa shape index (κ2) is 11.7. The molecule has 0 bridgehead atoms. The second-order valence-electron chi connectivity index (χ2n) is 6.44. The minimum absolute atomic E-state index is 0. The first-order valence-electron chi connectivity index (χ1n) is 9.75. The molecule has 152 valence electrons. The Labute approximate surface area is 183 Å². The van der Waals surface area contributed by atoms with Crippen LogP contribution in [0.5, 0.6) is 0 Å². The summed E-state index contributed by atoms with van der Waals surface area (Å²) in [5.74, 6) is 1.88. The summed E-state index contributed by atoms with van der Waals surface area (Å²) in [6, 6.07) is 8.44. The lowest BCUT2D eigenvalue weighted by Crippen LogP contribution is -2.39. The molecule has 2 heterocycles. The van der Waals surface area contributed by atoms with Gasteiger partial charge in [-0.3, -0.25) is 4.99 Å². The van der Waals surface area contributed by atoms with Crippen LogP contribution in [0, 0.1) is 0 Å². The Morgan fingerprint density at radius 1 is 1.21 bits per heavy atom. The smallest absolute Gasteiger partial charge is 0.191 e. The third-order valence-corrected chi connectivity index (χ3v) is 4.55. The summed E-state index contributed by atoms with van der Waals surface area (Å²) >= 11 is 0. The predicted molar refractivity (Wildman–Crippen MR) is 125 cm³/mol. The van der Waals surface area contributed by atoms with E-state index in [-0.39, 0.29) is 24.0 Å². The van der Waals surface area contributed by atoms with Gasteiger partial charge in [0.15, 0.2) is 5.96 Å². The first kappa shape index (κ1) is 22.2. The zero-order valence-electron chi connectivity index (χ0n) is 16.6. The van der Waals surface area contributed by atoms with Gasteiger partial charge in [-0.05, 0) is 31.4 Å². The van der Waals surface area contributed by atoms with Crippen molar-refractivity contribution in [1.82, 2.24) is 30.4 Å². The Balaban J connectivity index is 0.00000280. The Hall–Kier alpha value is -2.10. The summed E-state index contributed by atoms with van der Waals surface area (Å²) in [7, 11) is 0. The fourth-order valence-electron chi connectivity index (χ4n) is 3.17. The molecule has 0 saturated heterocycles. The summed E-state index contributed by atoms with van der Waals surface area (Å²) in [5, 5.41) is 16.1. The molecule has 28 heavy (non-hydrogen) atoms. The molecule has 0 amide bonds. The molecular formula is C20H30IN7. The van der Waals surface area contributed by atoms with E-state index in [1.807, 2.05) is 0 Å². The molecule has 0 saturated carbocycles. The van der Waals surface area contributed by atoms with Crippen molar-refractivity contribution < 1.29 is 0 Å². The number of aromatic amines is 1. The Morgan fingerprint density at radius 2 is 2.07 bits per heavy atom. The van der Waals surface area contributed by atoms with E-state index in [0.717, 1.165) is 57.2 Å². The molecule has 8 heteroatoms. The lowest BCUT2D eigenvalue weighted by atomic mass is 10.1. The Kier molecular flexibility index (Phi) is 9.26. The maximum Gasteiger partial charge on any atom is 0.191 e.